The Hall–Kier alpha value is -1.74. The maximum atomic E-state index is 12.6. The first-order valence-corrected chi connectivity index (χ1v) is 6.67. The maximum Gasteiger partial charge on any atom is 0.433 e. The van der Waals surface area contributed by atoms with E-state index >= 15 is 0 Å². The summed E-state index contributed by atoms with van der Waals surface area (Å²) < 4.78 is 37.9. The third kappa shape index (κ3) is 3.42. The third-order valence-corrected chi connectivity index (χ3v) is 3.34. The quantitative estimate of drug-likeness (QED) is 0.849. The molecule has 0 atom stereocenters. The summed E-state index contributed by atoms with van der Waals surface area (Å²) in [5.74, 6) is 0.00234. The molecule has 4 nitrogen and oxygen atoms in total. The second-order valence-corrected chi connectivity index (χ2v) is 5.15. The largest absolute Gasteiger partial charge is 0.433 e. The Morgan fingerprint density at radius 3 is 2.70 bits per heavy atom. The molecule has 0 bridgehead atoms. The number of nitrogens with zero attached hydrogens (tertiary/aromatic N) is 2. The number of thiocarbonyl (C=S) groups is 1. The van der Waals surface area contributed by atoms with Gasteiger partial charge in [-0.05, 0) is 12.1 Å². The van der Waals surface area contributed by atoms with Crippen molar-refractivity contribution in [2.45, 2.75) is 12.7 Å². The molecule has 2 aromatic heterocycles. The molecule has 0 unspecified atom stereocenters. The summed E-state index contributed by atoms with van der Waals surface area (Å²) >= 11 is 6.18. The summed E-state index contributed by atoms with van der Waals surface area (Å²) in [6.07, 6.45) is -2.91. The lowest BCUT2D eigenvalue weighted by atomic mass is 10.2. The summed E-state index contributed by atoms with van der Waals surface area (Å²) in [6.45, 7) is 0.252. The molecule has 0 aromatic carbocycles. The van der Waals surface area contributed by atoms with Gasteiger partial charge < -0.3 is 11.1 Å². The molecule has 3 N–H and O–H groups in total. The number of rotatable bonds is 4. The molecule has 9 heteroatoms. The first kappa shape index (κ1) is 14.7. The van der Waals surface area contributed by atoms with Crippen molar-refractivity contribution in [3.63, 3.8) is 0 Å². The van der Waals surface area contributed by atoms with Crippen LogP contribution in [0, 0.1) is 0 Å². The van der Waals surface area contributed by atoms with Crippen molar-refractivity contribution in [1.82, 2.24) is 9.97 Å². The Bertz CT molecular complexity index is 611. The number of anilines is 1. The molecule has 0 aliphatic carbocycles. The standard InChI is InChI=1S/C11H9F3N4S2/c12-11(13,14)7-2-1-6(9(15)19)10(18-7)17-5-8-16-3-4-20-8/h1-4H,5H2,(H2,15,19)(H,17,18). The van der Waals surface area contributed by atoms with Gasteiger partial charge in [-0.15, -0.1) is 11.3 Å². The Balaban J connectivity index is 2.29. The summed E-state index contributed by atoms with van der Waals surface area (Å²) in [7, 11) is 0. The zero-order valence-electron chi connectivity index (χ0n) is 9.94. The van der Waals surface area contributed by atoms with Gasteiger partial charge in [0.2, 0.25) is 0 Å². The topological polar surface area (TPSA) is 63.8 Å². The fourth-order valence-electron chi connectivity index (χ4n) is 1.45. The first-order chi connectivity index (χ1) is 9.38. The zero-order chi connectivity index (χ0) is 14.8. The molecule has 0 aliphatic rings. The minimum absolute atomic E-state index is 0.00234. The first-order valence-electron chi connectivity index (χ1n) is 5.38. The fourth-order valence-corrected chi connectivity index (χ4v) is 2.17. The van der Waals surface area contributed by atoms with Crippen LogP contribution in [0.1, 0.15) is 16.3 Å². The normalized spacial score (nSPS) is 11.3. The van der Waals surface area contributed by atoms with Crippen LogP contribution in [0.25, 0.3) is 0 Å². The van der Waals surface area contributed by atoms with Gasteiger partial charge in [-0.2, -0.15) is 13.2 Å². The summed E-state index contributed by atoms with van der Waals surface area (Å²) in [5.41, 5.74) is 4.75. The van der Waals surface area contributed by atoms with Crippen LogP contribution < -0.4 is 11.1 Å². The molecule has 0 fully saturated rings. The molecular weight excluding hydrogens is 309 g/mol. The van der Waals surface area contributed by atoms with Gasteiger partial charge in [-0.25, -0.2) is 9.97 Å². The Morgan fingerprint density at radius 1 is 1.40 bits per heavy atom. The SMILES string of the molecule is NC(=S)c1ccc(C(F)(F)F)nc1NCc1nccs1. The van der Waals surface area contributed by atoms with Crippen LogP contribution in [0.5, 0.6) is 0 Å². The monoisotopic (exact) mass is 318 g/mol. The van der Waals surface area contributed by atoms with Gasteiger partial charge >= 0.3 is 6.18 Å². The number of aromatic nitrogens is 2. The van der Waals surface area contributed by atoms with Crippen molar-refractivity contribution in [1.29, 1.82) is 0 Å². The average molecular weight is 318 g/mol. The van der Waals surface area contributed by atoms with E-state index in [9.17, 15) is 13.2 Å². The lowest BCUT2D eigenvalue weighted by molar-refractivity contribution is -0.141. The maximum absolute atomic E-state index is 12.6. The second-order valence-electron chi connectivity index (χ2n) is 3.73. The van der Waals surface area contributed by atoms with Crippen LogP contribution in [0.2, 0.25) is 0 Å². The van der Waals surface area contributed by atoms with E-state index in [2.05, 4.69) is 15.3 Å². The van der Waals surface area contributed by atoms with Crippen molar-refractivity contribution in [3.05, 3.63) is 40.0 Å². The van der Waals surface area contributed by atoms with E-state index in [1.165, 1.54) is 17.4 Å². The number of hydrogen-bond acceptors (Lipinski definition) is 5. The molecule has 0 saturated carbocycles. The zero-order valence-corrected chi connectivity index (χ0v) is 11.6. The van der Waals surface area contributed by atoms with Crippen LogP contribution >= 0.6 is 23.6 Å². The van der Waals surface area contributed by atoms with Crippen LogP contribution in [0.3, 0.4) is 0 Å². The van der Waals surface area contributed by atoms with Crippen molar-refractivity contribution < 1.29 is 13.2 Å². The molecule has 20 heavy (non-hydrogen) atoms. The molecule has 2 aromatic rings. The predicted molar refractivity (Wildman–Crippen MR) is 74.6 cm³/mol. The lowest BCUT2D eigenvalue weighted by Gasteiger charge is -2.12. The molecule has 0 saturated heterocycles. The van der Waals surface area contributed by atoms with Crippen molar-refractivity contribution in [3.8, 4) is 0 Å². The van der Waals surface area contributed by atoms with E-state index in [-0.39, 0.29) is 22.9 Å². The predicted octanol–water partition coefficient (Wildman–Crippen LogP) is 2.80. The number of nitrogens with two attached hydrogens (primary N) is 1. The molecule has 0 radical (unpaired) electrons. The number of hydrogen-bond donors (Lipinski definition) is 2. The van der Waals surface area contributed by atoms with Gasteiger partial charge in [0.25, 0.3) is 0 Å². The van der Waals surface area contributed by atoms with Crippen LogP contribution in [-0.2, 0) is 12.7 Å². The molecule has 0 aliphatic heterocycles. The highest BCUT2D eigenvalue weighted by molar-refractivity contribution is 7.80. The summed E-state index contributed by atoms with van der Waals surface area (Å²) in [4.78, 5) is 7.54. The van der Waals surface area contributed by atoms with Crippen molar-refractivity contribution >= 4 is 34.4 Å². The number of alkyl halides is 3. The highest BCUT2D eigenvalue weighted by atomic mass is 32.1. The average Bonchev–Trinajstić information content (AvgIpc) is 2.87. The van der Waals surface area contributed by atoms with E-state index in [1.807, 2.05) is 0 Å². The number of pyridine rings is 1. The van der Waals surface area contributed by atoms with Crippen molar-refractivity contribution in [2.75, 3.05) is 5.32 Å². The van der Waals surface area contributed by atoms with Crippen LogP contribution in [0.4, 0.5) is 19.0 Å². The molecule has 106 valence electrons. The molecule has 2 rings (SSSR count). The van der Waals surface area contributed by atoms with Gasteiger partial charge in [0.15, 0.2) is 0 Å². The highest BCUT2D eigenvalue weighted by Gasteiger charge is 2.33. The highest BCUT2D eigenvalue weighted by Crippen LogP contribution is 2.29. The van der Waals surface area contributed by atoms with E-state index in [1.54, 1.807) is 11.6 Å². The van der Waals surface area contributed by atoms with Crippen LogP contribution in [0.15, 0.2) is 23.7 Å². The van der Waals surface area contributed by atoms with Crippen molar-refractivity contribution in [2.24, 2.45) is 5.73 Å². The number of nitrogens with one attached hydrogen (secondary N) is 1. The third-order valence-electron chi connectivity index (χ3n) is 2.34. The van der Waals surface area contributed by atoms with Crippen LogP contribution in [-0.4, -0.2) is 15.0 Å². The molecule has 0 spiro atoms. The van der Waals surface area contributed by atoms with Gasteiger partial charge in [0, 0.05) is 11.6 Å². The summed E-state index contributed by atoms with van der Waals surface area (Å²) in [5, 5.41) is 5.27. The van der Waals surface area contributed by atoms with E-state index in [0.717, 1.165) is 11.1 Å². The van der Waals surface area contributed by atoms with Gasteiger partial charge in [-0.3, -0.25) is 0 Å². The van der Waals surface area contributed by atoms with Gasteiger partial charge in [-0.1, -0.05) is 12.2 Å². The van der Waals surface area contributed by atoms with E-state index in [0.29, 0.717) is 0 Å². The molecular formula is C11H9F3N4S2. The minimum atomic E-state index is -4.52. The Morgan fingerprint density at radius 2 is 2.15 bits per heavy atom. The van der Waals surface area contributed by atoms with Gasteiger partial charge in [0.1, 0.15) is 21.5 Å². The minimum Gasteiger partial charge on any atom is -0.389 e. The number of thiazole rings is 1. The second kappa shape index (κ2) is 5.71. The van der Waals surface area contributed by atoms with Gasteiger partial charge in [0.05, 0.1) is 12.1 Å². The molecule has 2 heterocycles. The van der Waals surface area contributed by atoms with E-state index < -0.39 is 11.9 Å². The fraction of sp³-hybridized carbons (Fsp3) is 0.182. The smallest absolute Gasteiger partial charge is 0.389 e. The number of halogens is 3. The lowest BCUT2D eigenvalue weighted by Crippen LogP contribution is -2.17. The summed E-state index contributed by atoms with van der Waals surface area (Å²) in [6, 6.07) is 2.06. The molecule has 0 amide bonds. The van der Waals surface area contributed by atoms with E-state index in [4.69, 9.17) is 18.0 Å². The Labute approximate surface area is 121 Å². The Kier molecular flexibility index (Phi) is 4.19.